The zero-order valence-corrected chi connectivity index (χ0v) is 12.9. The molecule has 6 nitrogen and oxygen atoms in total. The lowest BCUT2D eigenvalue weighted by Crippen LogP contribution is -2.49. The van der Waals surface area contributed by atoms with Crippen LogP contribution >= 0.6 is 12.4 Å². The van der Waals surface area contributed by atoms with Crippen LogP contribution in [0.5, 0.6) is 0 Å². The number of nitrogens with zero attached hydrogens (tertiary/aromatic N) is 1. The average Bonchev–Trinajstić information content (AvgIpc) is 2.47. The van der Waals surface area contributed by atoms with E-state index in [4.69, 9.17) is 5.11 Å². The van der Waals surface area contributed by atoms with Gasteiger partial charge in [0.05, 0.1) is 5.52 Å². The quantitative estimate of drug-likeness (QED) is 0.779. The minimum atomic E-state index is -1.21. The molecule has 1 unspecified atom stereocenters. The first-order valence-corrected chi connectivity index (χ1v) is 6.93. The second kappa shape index (κ2) is 6.37. The van der Waals surface area contributed by atoms with Crippen molar-refractivity contribution in [2.24, 2.45) is 0 Å². The molecule has 1 aliphatic rings. The molecule has 0 amide bonds. The Morgan fingerprint density at radius 3 is 2.86 bits per heavy atom. The minimum absolute atomic E-state index is 0. The molecule has 0 aliphatic carbocycles. The molecule has 2 heterocycles. The Morgan fingerprint density at radius 2 is 2.18 bits per heavy atom. The molecule has 7 heteroatoms. The van der Waals surface area contributed by atoms with Gasteiger partial charge in [0.1, 0.15) is 5.56 Å². The minimum Gasteiger partial charge on any atom is -0.477 e. The molecule has 0 bridgehead atoms. The van der Waals surface area contributed by atoms with Crippen LogP contribution in [0.25, 0.3) is 10.9 Å². The number of fused-ring (bicyclic) bond motifs is 1. The third-order valence-electron chi connectivity index (χ3n) is 3.83. The molecule has 1 aromatic heterocycles. The summed E-state index contributed by atoms with van der Waals surface area (Å²) >= 11 is 0. The lowest BCUT2D eigenvalue weighted by atomic mass is 10.1. The average molecular weight is 324 g/mol. The highest BCUT2D eigenvalue weighted by Gasteiger charge is 2.17. The number of H-pyrrole nitrogens is 1. The van der Waals surface area contributed by atoms with E-state index in [-0.39, 0.29) is 18.0 Å². The monoisotopic (exact) mass is 323 g/mol. The normalized spacial score (nSPS) is 18.0. The fourth-order valence-corrected chi connectivity index (χ4v) is 2.73. The molecule has 1 saturated heterocycles. The molecule has 2 aromatic rings. The predicted molar refractivity (Wildman–Crippen MR) is 88.5 cm³/mol. The van der Waals surface area contributed by atoms with Crippen LogP contribution in [0.4, 0.5) is 5.69 Å². The van der Waals surface area contributed by atoms with Gasteiger partial charge in [0.2, 0.25) is 5.43 Å². The Kier molecular flexibility index (Phi) is 4.73. The summed E-state index contributed by atoms with van der Waals surface area (Å²) in [7, 11) is 0. The largest absolute Gasteiger partial charge is 0.477 e. The molecule has 118 valence electrons. The summed E-state index contributed by atoms with van der Waals surface area (Å²) in [5, 5.41) is 12.8. The van der Waals surface area contributed by atoms with Crippen LogP contribution in [0.1, 0.15) is 17.3 Å². The highest BCUT2D eigenvalue weighted by Crippen LogP contribution is 2.20. The van der Waals surface area contributed by atoms with Gasteiger partial charge in [-0.25, -0.2) is 4.79 Å². The number of aromatic carboxylic acids is 1. The Balaban J connectivity index is 0.00000176. The molecule has 0 radical (unpaired) electrons. The van der Waals surface area contributed by atoms with Crippen molar-refractivity contribution < 1.29 is 9.90 Å². The highest BCUT2D eigenvalue weighted by molar-refractivity contribution is 5.93. The number of pyridine rings is 1. The van der Waals surface area contributed by atoms with E-state index in [1.54, 1.807) is 6.07 Å². The van der Waals surface area contributed by atoms with Crippen LogP contribution in [0.2, 0.25) is 0 Å². The number of aromatic amines is 1. The zero-order chi connectivity index (χ0) is 15.0. The number of carboxylic acids is 1. The van der Waals surface area contributed by atoms with Gasteiger partial charge < -0.3 is 20.3 Å². The maximum Gasteiger partial charge on any atom is 0.341 e. The zero-order valence-electron chi connectivity index (χ0n) is 12.1. The van der Waals surface area contributed by atoms with Crippen molar-refractivity contribution in [1.82, 2.24) is 10.3 Å². The number of carbonyl (C=O) groups is 1. The van der Waals surface area contributed by atoms with Crippen LogP contribution in [-0.2, 0) is 0 Å². The fourth-order valence-electron chi connectivity index (χ4n) is 2.73. The Hall–Kier alpha value is -2.05. The fraction of sp³-hybridized carbons (Fsp3) is 0.333. The van der Waals surface area contributed by atoms with Gasteiger partial charge in [-0.3, -0.25) is 4.79 Å². The first-order chi connectivity index (χ1) is 10.1. The number of rotatable bonds is 2. The Bertz CT molecular complexity index is 759. The van der Waals surface area contributed by atoms with Gasteiger partial charge in [-0.05, 0) is 25.1 Å². The summed E-state index contributed by atoms with van der Waals surface area (Å²) in [6.07, 6.45) is 1.26. The topological polar surface area (TPSA) is 85.4 Å². The molecule has 3 rings (SSSR count). The number of hydrogen-bond donors (Lipinski definition) is 3. The van der Waals surface area contributed by atoms with E-state index in [1.165, 1.54) is 6.20 Å². The van der Waals surface area contributed by atoms with Crippen molar-refractivity contribution in [1.29, 1.82) is 0 Å². The van der Waals surface area contributed by atoms with Crippen LogP contribution in [-0.4, -0.2) is 41.7 Å². The molecular formula is C15H18ClN3O3. The van der Waals surface area contributed by atoms with Crippen LogP contribution in [0.3, 0.4) is 0 Å². The van der Waals surface area contributed by atoms with Gasteiger partial charge in [0.25, 0.3) is 0 Å². The molecule has 1 aromatic carbocycles. The van der Waals surface area contributed by atoms with Gasteiger partial charge >= 0.3 is 5.97 Å². The molecule has 3 N–H and O–H groups in total. The van der Waals surface area contributed by atoms with Gasteiger partial charge in [0.15, 0.2) is 0 Å². The van der Waals surface area contributed by atoms with E-state index in [2.05, 4.69) is 22.1 Å². The number of nitrogens with one attached hydrogen (secondary N) is 2. The molecule has 1 atom stereocenters. The van der Waals surface area contributed by atoms with E-state index in [0.717, 1.165) is 25.3 Å². The third kappa shape index (κ3) is 2.93. The smallest absolute Gasteiger partial charge is 0.341 e. The highest BCUT2D eigenvalue weighted by atomic mass is 35.5. The third-order valence-corrected chi connectivity index (χ3v) is 3.83. The van der Waals surface area contributed by atoms with Crippen molar-refractivity contribution in [2.75, 3.05) is 24.5 Å². The second-order valence-corrected chi connectivity index (χ2v) is 5.37. The maximum absolute atomic E-state index is 12.1. The Labute approximate surface area is 133 Å². The van der Waals surface area contributed by atoms with Gasteiger partial charge in [0, 0.05) is 42.9 Å². The summed E-state index contributed by atoms with van der Waals surface area (Å²) in [6, 6.07) is 5.90. The van der Waals surface area contributed by atoms with Crippen molar-refractivity contribution in [2.45, 2.75) is 13.0 Å². The Morgan fingerprint density at radius 1 is 1.41 bits per heavy atom. The first kappa shape index (κ1) is 16.3. The lowest BCUT2D eigenvalue weighted by molar-refractivity contribution is 0.0695. The number of hydrogen-bond acceptors (Lipinski definition) is 4. The van der Waals surface area contributed by atoms with E-state index in [1.807, 2.05) is 12.1 Å². The molecule has 0 saturated carbocycles. The predicted octanol–water partition coefficient (Wildman–Crippen LogP) is 1.45. The summed E-state index contributed by atoms with van der Waals surface area (Å²) in [4.78, 5) is 28.2. The molecule has 0 spiro atoms. The molecule has 22 heavy (non-hydrogen) atoms. The van der Waals surface area contributed by atoms with E-state index < -0.39 is 11.4 Å². The maximum atomic E-state index is 12.1. The molecular weight excluding hydrogens is 306 g/mol. The summed E-state index contributed by atoms with van der Waals surface area (Å²) in [5.41, 5.74) is 1.02. The SMILES string of the molecule is CC1CN(c2ccc3c(=O)c(C(=O)O)c[nH]c3c2)CCN1.Cl. The summed E-state index contributed by atoms with van der Waals surface area (Å²) in [6.45, 7) is 4.87. The van der Waals surface area contributed by atoms with Gasteiger partial charge in [-0.15, -0.1) is 12.4 Å². The second-order valence-electron chi connectivity index (χ2n) is 5.37. The number of aromatic nitrogens is 1. The number of halogens is 1. The van der Waals surface area contributed by atoms with Crippen molar-refractivity contribution >= 4 is 35.0 Å². The van der Waals surface area contributed by atoms with Crippen LogP contribution in [0, 0.1) is 0 Å². The van der Waals surface area contributed by atoms with E-state index >= 15 is 0 Å². The van der Waals surface area contributed by atoms with Crippen LogP contribution < -0.4 is 15.6 Å². The van der Waals surface area contributed by atoms with Crippen molar-refractivity contribution in [3.8, 4) is 0 Å². The summed E-state index contributed by atoms with van der Waals surface area (Å²) in [5.74, 6) is -1.21. The number of benzene rings is 1. The van der Waals surface area contributed by atoms with E-state index in [9.17, 15) is 9.59 Å². The molecule has 1 fully saturated rings. The summed E-state index contributed by atoms with van der Waals surface area (Å²) < 4.78 is 0. The van der Waals surface area contributed by atoms with E-state index in [0.29, 0.717) is 16.9 Å². The van der Waals surface area contributed by atoms with Crippen molar-refractivity contribution in [3.05, 3.63) is 40.2 Å². The number of carboxylic acid groups (broad SMARTS) is 1. The molecule has 1 aliphatic heterocycles. The van der Waals surface area contributed by atoms with Crippen molar-refractivity contribution in [3.63, 3.8) is 0 Å². The van der Waals surface area contributed by atoms with Gasteiger partial charge in [-0.1, -0.05) is 0 Å². The standard InChI is InChI=1S/C15H17N3O3.ClH/c1-9-8-18(5-4-16-9)10-2-3-11-13(6-10)17-7-12(14(11)19)15(20)21;/h2-3,6-7,9,16H,4-5,8H2,1H3,(H,17,19)(H,20,21);1H. The van der Waals surface area contributed by atoms with Crippen LogP contribution in [0.15, 0.2) is 29.2 Å². The van der Waals surface area contributed by atoms with Gasteiger partial charge in [-0.2, -0.15) is 0 Å². The lowest BCUT2D eigenvalue weighted by Gasteiger charge is -2.33. The number of piperazine rings is 1. The number of anilines is 1. The first-order valence-electron chi connectivity index (χ1n) is 6.93.